The molecule has 0 radical (unpaired) electrons. The molecule has 5 atom stereocenters. The first-order valence-electron chi connectivity index (χ1n) is 13.1. The molecule has 4 rings (SSSR count). The average Bonchev–Trinajstić information content (AvgIpc) is 3.23. The molecule has 2 fully saturated rings. The summed E-state index contributed by atoms with van der Waals surface area (Å²) in [7, 11) is -0.516. The van der Waals surface area contributed by atoms with E-state index >= 15 is 0 Å². The molecule has 2 saturated carbocycles. The first-order chi connectivity index (χ1) is 16.9. The molecule has 0 aromatic heterocycles. The van der Waals surface area contributed by atoms with E-state index in [9.17, 15) is 4.79 Å². The van der Waals surface area contributed by atoms with Crippen molar-refractivity contribution < 1.29 is 4.79 Å². The van der Waals surface area contributed by atoms with Gasteiger partial charge in [-0.2, -0.15) is 0 Å². The SMILES string of the molecule is CC(=O)N[C@H]1CCCC[C@@H]1NC(=S)N[C@H](C)[C@@H]1CCCC1(C)P(c1ccccc1)c1ccccc1. The van der Waals surface area contributed by atoms with Crippen LogP contribution in [-0.2, 0) is 4.79 Å². The van der Waals surface area contributed by atoms with E-state index in [-0.39, 0.29) is 29.2 Å². The Labute approximate surface area is 217 Å². The van der Waals surface area contributed by atoms with Crippen LogP contribution in [0.25, 0.3) is 0 Å². The lowest BCUT2D eigenvalue weighted by atomic mass is 9.89. The van der Waals surface area contributed by atoms with Crippen molar-refractivity contribution in [3.63, 3.8) is 0 Å². The maximum Gasteiger partial charge on any atom is 0.217 e. The first-order valence-corrected chi connectivity index (χ1v) is 14.9. The predicted molar refractivity (Wildman–Crippen MR) is 153 cm³/mol. The van der Waals surface area contributed by atoms with Crippen molar-refractivity contribution in [2.75, 3.05) is 0 Å². The normalized spacial score (nSPS) is 27.3. The smallest absolute Gasteiger partial charge is 0.217 e. The zero-order chi connectivity index (χ0) is 24.8. The van der Waals surface area contributed by atoms with Crippen LogP contribution in [0.4, 0.5) is 0 Å². The quantitative estimate of drug-likeness (QED) is 0.364. The van der Waals surface area contributed by atoms with Crippen LogP contribution in [0.1, 0.15) is 65.7 Å². The molecule has 0 saturated heterocycles. The number of rotatable bonds is 7. The summed E-state index contributed by atoms with van der Waals surface area (Å²) < 4.78 is 0. The molecule has 0 spiro atoms. The Balaban J connectivity index is 1.50. The molecule has 2 aliphatic rings. The number of carbonyl (C=O) groups is 1. The second-order valence-corrected chi connectivity index (χ2v) is 13.6. The second kappa shape index (κ2) is 11.8. The van der Waals surface area contributed by atoms with Crippen molar-refractivity contribution in [1.29, 1.82) is 0 Å². The third kappa shape index (κ3) is 6.24. The fraction of sp³-hybridized carbons (Fsp3) is 0.517. The summed E-state index contributed by atoms with van der Waals surface area (Å²) in [6.07, 6.45) is 8.06. The number of amides is 1. The lowest BCUT2D eigenvalue weighted by Crippen LogP contribution is -2.57. The van der Waals surface area contributed by atoms with Crippen molar-refractivity contribution in [2.24, 2.45) is 5.92 Å². The van der Waals surface area contributed by atoms with Crippen LogP contribution in [0.15, 0.2) is 60.7 Å². The van der Waals surface area contributed by atoms with Gasteiger partial charge in [-0.05, 0) is 69.3 Å². The molecule has 4 nitrogen and oxygen atoms in total. The monoisotopic (exact) mass is 509 g/mol. The summed E-state index contributed by atoms with van der Waals surface area (Å²) in [4.78, 5) is 11.7. The van der Waals surface area contributed by atoms with Gasteiger partial charge in [-0.15, -0.1) is 0 Å². The van der Waals surface area contributed by atoms with Gasteiger partial charge < -0.3 is 16.0 Å². The predicted octanol–water partition coefficient (Wildman–Crippen LogP) is 4.98. The number of nitrogens with one attached hydrogen (secondary N) is 3. The molecule has 0 bridgehead atoms. The van der Waals surface area contributed by atoms with E-state index in [2.05, 4.69) is 90.5 Å². The van der Waals surface area contributed by atoms with Gasteiger partial charge in [0.2, 0.25) is 5.91 Å². The highest BCUT2D eigenvalue weighted by Crippen LogP contribution is 2.59. The van der Waals surface area contributed by atoms with Crippen LogP contribution < -0.4 is 26.6 Å². The highest BCUT2D eigenvalue weighted by molar-refractivity contribution is 7.80. The summed E-state index contributed by atoms with van der Waals surface area (Å²) >= 11 is 5.81. The van der Waals surface area contributed by atoms with Crippen LogP contribution in [0.5, 0.6) is 0 Å². The van der Waals surface area contributed by atoms with E-state index in [0.717, 1.165) is 24.4 Å². The minimum absolute atomic E-state index is 0.0350. The molecule has 6 heteroatoms. The van der Waals surface area contributed by atoms with Crippen LogP contribution in [0.2, 0.25) is 0 Å². The van der Waals surface area contributed by atoms with Gasteiger partial charge in [0.15, 0.2) is 5.11 Å². The minimum Gasteiger partial charge on any atom is -0.360 e. The van der Waals surface area contributed by atoms with Gasteiger partial charge >= 0.3 is 0 Å². The van der Waals surface area contributed by atoms with Crippen LogP contribution >= 0.6 is 20.1 Å². The molecular formula is C29H40N3OPS. The van der Waals surface area contributed by atoms with E-state index in [4.69, 9.17) is 12.2 Å². The molecule has 2 aliphatic carbocycles. The zero-order valence-electron chi connectivity index (χ0n) is 21.3. The molecule has 0 heterocycles. The summed E-state index contributed by atoms with van der Waals surface area (Å²) in [6.45, 7) is 6.42. The van der Waals surface area contributed by atoms with Gasteiger partial charge in [-0.25, -0.2) is 0 Å². The Kier molecular flexibility index (Phi) is 8.83. The maximum atomic E-state index is 11.7. The fourth-order valence-corrected chi connectivity index (χ4v) is 10.2. The highest BCUT2D eigenvalue weighted by atomic mass is 32.1. The van der Waals surface area contributed by atoms with Crippen molar-refractivity contribution in [2.45, 2.75) is 89.0 Å². The molecule has 3 N–H and O–H groups in total. The van der Waals surface area contributed by atoms with Gasteiger partial charge in [0, 0.05) is 30.2 Å². The summed E-state index contributed by atoms with van der Waals surface area (Å²) in [5, 5.41) is 14.2. The second-order valence-electron chi connectivity index (χ2n) is 10.5. The summed E-state index contributed by atoms with van der Waals surface area (Å²) in [5.41, 5.74) is 0. The number of hydrogen-bond acceptors (Lipinski definition) is 2. The van der Waals surface area contributed by atoms with Gasteiger partial charge in [-0.1, -0.05) is 86.8 Å². The largest absolute Gasteiger partial charge is 0.360 e. The molecule has 188 valence electrons. The summed E-state index contributed by atoms with van der Waals surface area (Å²) in [5.74, 6) is 0.555. The van der Waals surface area contributed by atoms with E-state index in [1.54, 1.807) is 6.92 Å². The number of benzene rings is 2. The van der Waals surface area contributed by atoms with Gasteiger partial charge in [-0.3, -0.25) is 4.79 Å². The molecule has 35 heavy (non-hydrogen) atoms. The molecular weight excluding hydrogens is 469 g/mol. The zero-order valence-corrected chi connectivity index (χ0v) is 23.0. The molecule has 1 unspecified atom stereocenters. The number of thiocarbonyl (C=S) groups is 1. The molecule has 2 aromatic carbocycles. The van der Waals surface area contributed by atoms with Crippen molar-refractivity contribution in [3.05, 3.63) is 60.7 Å². The number of carbonyl (C=O) groups excluding carboxylic acids is 1. The highest BCUT2D eigenvalue weighted by Gasteiger charge is 2.48. The minimum atomic E-state index is -0.516. The van der Waals surface area contributed by atoms with E-state index in [1.807, 2.05) is 0 Å². The number of hydrogen-bond donors (Lipinski definition) is 3. The maximum absolute atomic E-state index is 11.7. The average molecular weight is 510 g/mol. The first kappa shape index (κ1) is 26.1. The Morgan fingerprint density at radius 1 is 0.914 bits per heavy atom. The van der Waals surface area contributed by atoms with E-state index in [1.165, 1.54) is 36.3 Å². The standard InChI is InChI=1S/C29H40N3OPS/c1-21(30-28(35)32-27-19-11-10-18-26(27)31-22(2)33)25-17-12-20-29(25,3)34(23-13-6-4-7-14-23)24-15-8-5-9-16-24/h4-9,13-16,21,25-27H,10-12,17-20H2,1-3H3,(H,31,33)(H2,30,32,35)/t21-,25+,26+,27+,29?/m1/s1. The lowest BCUT2D eigenvalue weighted by molar-refractivity contribution is -0.120. The fourth-order valence-electron chi connectivity index (χ4n) is 6.39. The third-order valence-electron chi connectivity index (χ3n) is 7.97. The van der Waals surface area contributed by atoms with Crippen LogP contribution in [0, 0.1) is 5.92 Å². The van der Waals surface area contributed by atoms with Gasteiger partial charge in [0.05, 0.1) is 0 Å². The Morgan fingerprint density at radius 2 is 1.46 bits per heavy atom. The Hall–Kier alpha value is -1.97. The van der Waals surface area contributed by atoms with E-state index < -0.39 is 7.92 Å². The van der Waals surface area contributed by atoms with Crippen molar-refractivity contribution in [1.82, 2.24) is 16.0 Å². The van der Waals surface area contributed by atoms with Crippen LogP contribution in [0.3, 0.4) is 0 Å². The lowest BCUT2D eigenvalue weighted by Gasteiger charge is -2.43. The summed E-state index contributed by atoms with van der Waals surface area (Å²) in [6, 6.07) is 22.8. The third-order valence-corrected chi connectivity index (χ3v) is 11.4. The van der Waals surface area contributed by atoms with Crippen molar-refractivity contribution >= 4 is 41.8 Å². The topological polar surface area (TPSA) is 53.2 Å². The Bertz CT molecular complexity index is 948. The Morgan fingerprint density at radius 3 is 2.00 bits per heavy atom. The van der Waals surface area contributed by atoms with Gasteiger partial charge in [0.1, 0.15) is 0 Å². The van der Waals surface area contributed by atoms with Crippen molar-refractivity contribution in [3.8, 4) is 0 Å². The van der Waals surface area contributed by atoms with Crippen LogP contribution in [-0.4, -0.2) is 34.3 Å². The molecule has 0 aliphatic heterocycles. The van der Waals surface area contributed by atoms with Gasteiger partial charge in [0.25, 0.3) is 0 Å². The molecule has 2 aromatic rings. The van der Waals surface area contributed by atoms with E-state index in [0.29, 0.717) is 5.92 Å². The molecule has 1 amide bonds.